The van der Waals surface area contributed by atoms with E-state index in [9.17, 15) is 4.39 Å². The van der Waals surface area contributed by atoms with Gasteiger partial charge in [-0.15, -0.1) is 0 Å². The van der Waals surface area contributed by atoms with Gasteiger partial charge in [0, 0.05) is 0 Å². The summed E-state index contributed by atoms with van der Waals surface area (Å²) in [6.45, 7) is 2.80. The van der Waals surface area contributed by atoms with Crippen LogP contribution in [0.5, 0.6) is 0 Å². The molecule has 11 heavy (non-hydrogen) atoms. The number of anilines is 1. The summed E-state index contributed by atoms with van der Waals surface area (Å²) in [7, 11) is 0. The summed E-state index contributed by atoms with van der Waals surface area (Å²) in [6.07, 6.45) is 2.79. The summed E-state index contributed by atoms with van der Waals surface area (Å²) in [6, 6.07) is 0. The summed E-state index contributed by atoms with van der Waals surface area (Å²) in [5, 5.41) is 0. The summed E-state index contributed by atoms with van der Waals surface area (Å²) in [5.74, 6) is 0.159. The highest BCUT2D eigenvalue weighted by atomic mass is 19.1. The Kier molecular flexibility index (Phi) is 1.76. The monoisotopic (exact) mass is 155 g/mol. The lowest BCUT2D eigenvalue weighted by Crippen LogP contribution is -2.13. The Bertz CT molecular complexity index is 237. The largest absolute Gasteiger partial charge is 0.396 e. The van der Waals surface area contributed by atoms with Crippen molar-refractivity contribution in [1.82, 2.24) is 9.97 Å². The second-order valence-corrected chi connectivity index (χ2v) is 2.81. The lowest BCUT2D eigenvalue weighted by molar-refractivity contribution is 0.206. The smallest absolute Gasteiger partial charge is 0.165 e. The van der Waals surface area contributed by atoms with Crippen LogP contribution in [0.25, 0.3) is 0 Å². The molecule has 0 aliphatic carbocycles. The Morgan fingerprint density at radius 3 is 2.18 bits per heavy atom. The molecule has 0 saturated carbocycles. The second-order valence-electron chi connectivity index (χ2n) is 2.81. The normalized spacial score (nSPS) is 11.5. The number of nitrogens with zero attached hydrogens (tertiary/aromatic N) is 2. The number of nitrogens with two attached hydrogens (primary N) is 1. The molecule has 3 nitrogen and oxygen atoms in total. The highest BCUT2D eigenvalue weighted by molar-refractivity contribution is 5.30. The molecule has 0 radical (unpaired) electrons. The van der Waals surface area contributed by atoms with Crippen LogP contribution in [-0.2, 0) is 5.67 Å². The summed E-state index contributed by atoms with van der Waals surface area (Å²) in [5.41, 5.74) is 4.27. The van der Waals surface area contributed by atoms with Crippen molar-refractivity contribution in [2.24, 2.45) is 0 Å². The van der Waals surface area contributed by atoms with E-state index in [4.69, 9.17) is 5.73 Å². The minimum absolute atomic E-state index is 0.159. The van der Waals surface area contributed by atoms with Crippen molar-refractivity contribution >= 4 is 5.69 Å². The van der Waals surface area contributed by atoms with Gasteiger partial charge in [0.25, 0.3) is 0 Å². The molecule has 0 aliphatic rings. The maximum absolute atomic E-state index is 13.1. The van der Waals surface area contributed by atoms with E-state index >= 15 is 0 Å². The Balaban J connectivity index is 2.99. The zero-order valence-corrected chi connectivity index (χ0v) is 6.50. The molecule has 1 heterocycles. The van der Waals surface area contributed by atoms with Crippen LogP contribution in [0.4, 0.5) is 10.1 Å². The molecule has 0 atom stereocenters. The number of hydrogen-bond donors (Lipinski definition) is 1. The third-order valence-electron chi connectivity index (χ3n) is 1.20. The second kappa shape index (κ2) is 2.45. The highest BCUT2D eigenvalue weighted by Gasteiger charge is 2.21. The number of aromatic nitrogens is 2. The van der Waals surface area contributed by atoms with Crippen molar-refractivity contribution in [2.75, 3.05) is 5.73 Å². The molecule has 60 valence electrons. The van der Waals surface area contributed by atoms with E-state index in [0.717, 1.165) is 0 Å². The summed E-state index contributed by atoms with van der Waals surface area (Å²) < 4.78 is 13.1. The number of rotatable bonds is 1. The maximum atomic E-state index is 13.1. The van der Waals surface area contributed by atoms with E-state index in [1.807, 2.05) is 0 Å². The molecule has 2 N–H and O–H groups in total. The molecule has 0 fully saturated rings. The molecule has 4 heteroatoms. The first-order chi connectivity index (χ1) is 5.00. The van der Waals surface area contributed by atoms with Gasteiger partial charge in [-0.25, -0.2) is 14.4 Å². The Hall–Kier alpha value is -1.19. The fraction of sp³-hybridized carbons (Fsp3) is 0.429. The highest BCUT2D eigenvalue weighted by Crippen LogP contribution is 2.19. The zero-order chi connectivity index (χ0) is 8.48. The van der Waals surface area contributed by atoms with Crippen molar-refractivity contribution < 1.29 is 4.39 Å². The average molecular weight is 155 g/mol. The predicted octanol–water partition coefficient (Wildman–Crippen LogP) is 1.26. The lowest BCUT2D eigenvalue weighted by atomic mass is 10.1. The topological polar surface area (TPSA) is 51.8 Å². The van der Waals surface area contributed by atoms with Crippen LogP contribution < -0.4 is 5.73 Å². The SMILES string of the molecule is CC(C)(F)c1ncc(N)cn1. The van der Waals surface area contributed by atoms with Gasteiger partial charge in [0.15, 0.2) is 11.5 Å². The molecule has 0 unspecified atom stereocenters. The number of nitrogen functional groups attached to an aromatic ring is 1. The lowest BCUT2D eigenvalue weighted by Gasteiger charge is -2.10. The quantitative estimate of drug-likeness (QED) is 0.664. The van der Waals surface area contributed by atoms with Gasteiger partial charge in [-0.05, 0) is 13.8 Å². The fourth-order valence-electron chi connectivity index (χ4n) is 0.645. The first kappa shape index (κ1) is 7.91. The third-order valence-corrected chi connectivity index (χ3v) is 1.20. The van der Waals surface area contributed by atoms with Crippen LogP contribution >= 0.6 is 0 Å². The third kappa shape index (κ3) is 1.86. The van der Waals surface area contributed by atoms with Crippen molar-refractivity contribution in [3.63, 3.8) is 0 Å². The van der Waals surface area contributed by atoms with Crippen LogP contribution in [0.1, 0.15) is 19.7 Å². The Morgan fingerprint density at radius 2 is 1.82 bits per heavy atom. The van der Waals surface area contributed by atoms with Gasteiger partial charge in [-0.3, -0.25) is 0 Å². The first-order valence-electron chi connectivity index (χ1n) is 3.27. The standard InChI is InChI=1S/C7H10FN3/c1-7(2,8)6-10-3-5(9)4-11-6/h3-4H,9H2,1-2H3. The molecule has 1 rings (SSSR count). The molecule has 0 bridgehead atoms. The van der Waals surface area contributed by atoms with Crippen LogP contribution in [0, 0.1) is 0 Å². The van der Waals surface area contributed by atoms with Crippen LogP contribution in [0.3, 0.4) is 0 Å². The molecule has 0 amide bonds. The van der Waals surface area contributed by atoms with Gasteiger partial charge >= 0.3 is 0 Å². The van der Waals surface area contributed by atoms with Gasteiger partial charge < -0.3 is 5.73 Å². The molecule has 1 aromatic rings. The zero-order valence-electron chi connectivity index (χ0n) is 6.50. The van der Waals surface area contributed by atoms with Crippen molar-refractivity contribution in [2.45, 2.75) is 19.5 Å². The van der Waals surface area contributed by atoms with Crippen LogP contribution in [-0.4, -0.2) is 9.97 Å². The van der Waals surface area contributed by atoms with Crippen LogP contribution in [0.15, 0.2) is 12.4 Å². The number of halogens is 1. The van der Waals surface area contributed by atoms with Gasteiger partial charge in [0.05, 0.1) is 18.1 Å². The number of alkyl halides is 1. The van der Waals surface area contributed by atoms with E-state index in [0.29, 0.717) is 5.69 Å². The Labute approximate surface area is 64.5 Å². The molecule has 0 aliphatic heterocycles. The van der Waals surface area contributed by atoms with Crippen molar-refractivity contribution in [3.05, 3.63) is 18.2 Å². The number of hydrogen-bond acceptors (Lipinski definition) is 3. The van der Waals surface area contributed by atoms with E-state index in [1.165, 1.54) is 26.2 Å². The summed E-state index contributed by atoms with van der Waals surface area (Å²) in [4.78, 5) is 7.48. The summed E-state index contributed by atoms with van der Waals surface area (Å²) >= 11 is 0. The van der Waals surface area contributed by atoms with Crippen molar-refractivity contribution in [1.29, 1.82) is 0 Å². The van der Waals surface area contributed by atoms with E-state index in [1.54, 1.807) is 0 Å². The molecular weight excluding hydrogens is 145 g/mol. The maximum Gasteiger partial charge on any atom is 0.165 e. The van der Waals surface area contributed by atoms with Crippen LogP contribution in [0.2, 0.25) is 0 Å². The first-order valence-corrected chi connectivity index (χ1v) is 3.27. The molecule has 1 aromatic heterocycles. The fourth-order valence-corrected chi connectivity index (χ4v) is 0.645. The van der Waals surface area contributed by atoms with Crippen molar-refractivity contribution in [3.8, 4) is 0 Å². The Morgan fingerprint density at radius 1 is 1.36 bits per heavy atom. The van der Waals surface area contributed by atoms with Gasteiger partial charge in [-0.1, -0.05) is 0 Å². The van der Waals surface area contributed by atoms with E-state index in [2.05, 4.69) is 9.97 Å². The van der Waals surface area contributed by atoms with E-state index < -0.39 is 5.67 Å². The van der Waals surface area contributed by atoms with Gasteiger partial charge in [-0.2, -0.15) is 0 Å². The average Bonchev–Trinajstić information content (AvgIpc) is 1.86. The molecule has 0 spiro atoms. The molecule has 0 saturated heterocycles. The minimum atomic E-state index is -1.49. The van der Waals surface area contributed by atoms with Gasteiger partial charge in [0.1, 0.15) is 0 Å². The molecule has 0 aromatic carbocycles. The predicted molar refractivity (Wildman–Crippen MR) is 40.6 cm³/mol. The molecular formula is C7H10FN3. The van der Waals surface area contributed by atoms with E-state index in [-0.39, 0.29) is 5.82 Å². The van der Waals surface area contributed by atoms with Gasteiger partial charge in [0.2, 0.25) is 0 Å². The minimum Gasteiger partial charge on any atom is -0.396 e.